The molecule has 0 spiro atoms. The molecule has 2 heterocycles. The monoisotopic (exact) mass is 948 g/mol. The Morgan fingerprint density at radius 3 is 1.57 bits per heavy atom. The van der Waals surface area contributed by atoms with E-state index in [2.05, 4.69) is 33.4 Å². The lowest BCUT2D eigenvalue weighted by atomic mass is 9.97. The zero-order valence-corrected chi connectivity index (χ0v) is 39.0. The second-order valence-electron chi connectivity index (χ2n) is 13.1. The molecule has 2 saturated heterocycles. The third-order valence-corrected chi connectivity index (χ3v) is 11.2. The summed E-state index contributed by atoms with van der Waals surface area (Å²) in [5.74, 6) is 0. The van der Waals surface area contributed by atoms with Crippen molar-refractivity contribution in [2.75, 3.05) is 52.5 Å². The van der Waals surface area contributed by atoms with E-state index in [4.69, 9.17) is 22.6 Å². The molecule has 23 heteroatoms. The topological polar surface area (TPSA) is 228 Å². The van der Waals surface area contributed by atoms with Crippen molar-refractivity contribution in [3.05, 3.63) is 136 Å². The Morgan fingerprint density at radius 1 is 0.770 bits per heavy atom. The molecule has 2 aliphatic heterocycles. The fourth-order valence-corrected chi connectivity index (χ4v) is 7.39. The molecule has 61 heavy (non-hydrogen) atoms. The first-order valence-electron chi connectivity index (χ1n) is 18.2. The summed E-state index contributed by atoms with van der Waals surface area (Å²) >= 11 is 0. The Balaban J connectivity index is 0.000000420. The van der Waals surface area contributed by atoms with Gasteiger partial charge in [-0.15, -0.1) is 40.3 Å². The van der Waals surface area contributed by atoms with Crippen LogP contribution in [0.1, 0.15) is 37.0 Å². The third kappa shape index (κ3) is 28.5. The van der Waals surface area contributed by atoms with Gasteiger partial charge in [0.15, 0.2) is 12.8 Å². The van der Waals surface area contributed by atoms with E-state index >= 15 is 0 Å². The molecule has 3 aromatic rings. The lowest BCUT2D eigenvalue weighted by molar-refractivity contribution is -0.384. The average Bonchev–Trinajstić information content (AvgIpc) is 3.73. The molecule has 3 atom stereocenters. The van der Waals surface area contributed by atoms with E-state index in [9.17, 15) is 38.1 Å². The van der Waals surface area contributed by atoms with Crippen LogP contribution in [0.25, 0.3) is 0 Å². The van der Waals surface area contributed by atoms with E-state index in [-0.39, 0.29) is 37.5 Å². The summed E-state index contributed by atoms with van der Waals surface area (Å²) in [6.07, 6.45) is 4.76. The minimum absolute atomic E-state index is 0.0127. The van der Waals surface area contributed by atoms with Gasteiger partial charge in [-0.2, -0.15) is 4.74 Å². The van der Waals surface area contributed by atoms with Crippen molar-refractivity contribution >= 4 is 58.3 Å². The highest BCUT2D eigenvalue weighted by Crippen LogP contribution is 2.50. The van der Waals surface area contributed by atoms with Crippen LogP contribution in [-0.2, 0) is 78.8 Å². The number of rotatable bonds is 17. The van der Waals surface area contributed by atoms with Gasteiger partial charge in [0.05, 0.1) is 18.1 Å². The number of nitro benzene ring substituents is 1. The Hall–Kier alpha value is -3.68. The van der Waals surface area contributed by atoms with Gasteiger partial charge in [0, 0.05) is 51.9 Å². The van der Waals surface area contributed by atoms with Gasteiger partial charge in [-0.25, -0.2) is 0 Å². The van der Waals surface area contributed by atoms with E-state index in [1.807, 2.05) is 44.2 Å². The molecule has 2 fully saturated rings. The molecule has 0 aromatic heterocycles. The third-order valence-electron chi connectivity index (χ3n) is 7.00. The van der Waals surface area contributed by atoms with E-state index in [0.717, 1.165) is 23.7 Å². The summed E-state index contributed by atoms with van der Waals surface area (Å²) in [6, 6.07) is 21.9. The highest BCUT2D eigenvalue weighted by Gasteiger charge is 2.32. The first kappa shape index (κ1) is 55.3. The summed E-state index contributed by atoms with van der Waals surface area (Å²) < 4.78 is 93.5. The van der Waals surface area contributed by atoms with Crippen molar-refractivity contribution in [1.82, 2.24) is 0 Å². The Labute approximate surface area is 360 Å². The van der Waals surface area contributed by atoms with Crippen LogP contribution in [0.2, 0.25) is 0 Å². The zero-order chi connectivity index (χ0) is 45.7. The summed E-state index contributed by atoms with van der Waals surface area (Å²) in [7, 11) is -9.68. The standard InChI is InChI=1S/C15H14N2O6P.C8H10O2P.C6H13O3P.C6H10O3P.C3H6O2P/c1-16(18)14-6-2-12(3-7-14)10-22-24(21)23-11-13-4-8-15(9-5-13)17(19)20;1-11(9)10-7-8-5-3-2-4-6-8;1-6(2)4-8-10(3,7)9-5-6;1-3-5-8-10(7)9-6-4-2;4-6-3-1-2-5-6/h2-9H,1,10-11H2;2-6H,7H2,1H3;4-5H2,1-3H3;3-4H,1-2,5-6H2;1-3H2/q2*+1;;2*+1. The van der Waals surface area contributed by atoms with Gasteiger partial charge in [0.2, 0.25) is 5.69 Å². The summed E-state index contributed by atoms with van der Waals surface area (Å²) in [5, 5.41) is 21.5. The second-order valence-corrected chi connectivity index (χ2v) is 19.6. The highest BCUT2D eigenvalue weighted by atomic mass is 31.2. The minimum atomic E-state index is -2.67. The van der Waals surface area contributed by atoms with Gasteiger partial charge < -0.3 is 14.3 Å². The Morgan fingerprint density at radius 2 is 1.21 bits per heavy atom. The van der Waals surface area contributed by atoms with E-state index in [1.54, 1.807) is 30.9 Å². The molecule has 0 N–H and O–H groups in total. The van der Waals surface area contributed by atoms with Crippen molar-refractivity contribution in [3.63, 3.8) is 0 Å². The second kappa shape index (κ2) is 31.2. The first-order chi connectivity index (χ1) is 28.9. The Kier molecular flexibility index (Phi) is 28.3. The Bertz CT molecular complexity index is 1820. The molecule has 332 valence electrons. The SMILES string of the molecule is C=CCO[P+](=O)OCC=C.C=[N+]([O-])c1ccc(CO[P+](=O)OCc2ccc([N+](=O)[O-])cc2)cc1.CC1(C)COP(C)(=O)OC1.C[P+](=O)OCc1ccccc1.O=[P+]1CCCO1. The highest BCUT2D eigenvalue weighted by molar-refractivity contribution is 7.53. The van der Waals surface area contributed by atoms with Crippen LogP contribution in [0.3, 0.4) is 0 Å². The van der Waals surface area contributed by atoms with Crippen LogP contribution in [0.15, 0.2) is 104 Å². The fraction of sp³-hybridized carbons (Fsp3) is 0.395. The number of nitrogens with zero attached hydrogens (tertiary/aromatic N) is 2. The van der Waals surface area contributed by atoms with E-state index in [0.29, 0.717) is 42.4 Å². The summed E-state index contributed by atoms with van der Waals surface area (Å²) in [5.41, 5.74) is 2.81. The van der Waals surface area contributed by atoms with Gasteiger partial charge in [-0.1, -0.05) is 56.3 Å². The molecule has 0 radical (unpaired) electrons. The number of hydrogen-bond donors (Lipinski definition) is 0. The number of non-ortho nitro benzene ring substituents is 1. The lowest BCUT2D eigenvalue weighted by Gasteiger charge is -2.32. The van der Waals surface area contributed by atoms with Gasteiger partial charge in [-0.3, -0.25) is 14.7 Å². The number of hydrogen-bond acceptors (Lipinski definition) is 16. The molecule has 0 bridgehead atoms. The zero-order valence-electron chi connectivity index (χ0n) is 34.5. The van der Waals surface area contributed by atoms with Crippen LogP contribution >= 0.6 is 40.2 Å². The largest absolute Gasteiger partial charge is 0.698 e. The number of nitro groups is 1. The van der Waals surface area contributed by atoms with Gasteiger partial charge >= 0.3 is 40.2 Å². The van der Waals surface area contributed by atoms with Gasteiger partial charge in [0.1, 0.15) is 46.4 Å². The van der Waals surface area contributed by atoms with Crippen LogP contribution in [-0.4, -0.2) is 68.9 Å². The maximum absolute atomic E-state index is 11.7. The molecule has 3 aromatic carbocycles. The fourth-order valence-electron chi connectivity index (χ4n) is 3.86. The molecule has 0 aliphatic carbocycles. The molecule has 0 saturated carbocycles. The van der Waals surface area contributed by atoms with Crippen LogP contribution in [0.5, 0.6) is 0 Å². The van der Waals surface area contributed by atoms with Crippen molar-refractivity contribution in [2.24, 2.45) is 5.41 Å². The van der Waals surface area contributed by atoms with Gasteiger partial charge in [0.25, 0.3) is 5.69 Å². The predicted molar refractivity (Wildman–Crippen MR) is 234 cm³/mol. The normalized spacial score (nSPS) is 15.5. The first-order valence-corrected chi connectivity index (χ1v) is 25.3. The molecular weight excluding hydrogens is 895 g/mol. The smallest absolute Gasteiger partial charge is 0.619 e. The molecule has 3 unspecified atom stereocenters. The molecule has 5 rings (SSSR count). The molecule has 0 amide bonds. The predicted octanol–water partition coefficient (Wildman–Crippen LogP) is 11.5. The summed E-state index contributed by atoms with van der Waals surface area (Å²) in [4.78, 5) is 10.0. The van der Waals surface area contributed by atoms with Crippen molar-refractivity contribution < 1.29 is 68.7 Å². The maximum Gasteiger partial charge on any atom is 0.698 e. The molecular formula is C38H53N2O16P5+4. The minimum Gasteiger partial charge on any atom is -0.619 e. The van der Waals surface area contributed by atoms with Crippen LogP contribution in [0, 0.1) is 20.7 Å². The average molecular weight is 949 g/mol. The summed E-state index contributed by atoms with van der Waals surface area (Å²) in [6.45, 7) is 19.8. The van der Waals surface area contributed by atoms with Crippen LogP contribution in [0.4, 0.5) is 11.4 Å². The van der Waals surface area contributed by atoms with Crippen LogP contribution < -0.4 is 0 Å². The van der Waals surface area contributed by atoms with Crippen molar-refractivity contribution in [3.8, 4) is 0 Å². The van der Waals surface area contributed by atoms with Crippen molar-refractivity contribution in [2.45, 2.75) is 40.1 Å². The molecule has 18 nitrogen and oxygen atoms in total. The quantitative estimate of drug-likeness (QED) is 0.0233. The van der Waals surface area contributed by atoms with Gasteiger partial charge in [-0.05, 0) is 50.1 Å². The van der Waals surface area contributed by atoms with E-state index in [1.165, 1.54) is 43.1 Å². The molecule has 2 aliphatic rings. The van der Waals surface area contributed by atoms with Crippen molar-refractivity contribution in [1.29, 1.82) is 0 Å². The lowest BCUT2D eigenvalue weighted by Crippen LogP contribution is -2.28. The maximum atomic E-state index is 11.7. The van der Waals surface area contributed by atoms with E-state index < -0.39 is 45.1 Å². The number of benzene rings is 3.